The smallest absolute Gasteiger partial charge is 0.407 e. The molecule has 10 heteroatoms. The first kappa shape index (κ1) is 28.1. The number of pyridine rings is 1. The molecule has 0 radical (unpaired) electrons. The summed E-state index contributed by atoms with van der Waals surface area (Å²) in [7, 11) is 1.94. The summed E-state index contributed by atoms with van der Waals surface area (Å²) in [6.45, 7) is 9.38. The highest BCUT2D eigenvalue weighted by Gasteiger charge is 2.29. The molecule has 2 aromatic heterocycles. The minimum Gasteiger partial charge on any atom is -0.494 e. The maximum Gasteiger partial charge on any atom is 0.407 e. The van der Waals surface area contributed by atoms with Crippen LogP contribution in [0, 0.1) is 0 Å². The van der Waals surface area contributed by atoms with Crippen LogP contribution in [-0.2, 0) is 17.7 Å². The maximum atomic E-state index is 14.0. The fraction of sp³-hybridized carbons (Fsp3) is 0.448. The Morgan fingerprint density at radius 1 is 1.23 bits per heavy atom. The van der Waals surface area contributed by atoms with Gasteiger partial charge < -0.3 is 20.1 Å². The van der Waals surface area contributed by atoms with Gasteiger partial charge in [0.25, 0.3) is 5.56 Å². The van der Waals surface area contributed by atoms with Crippen LogP contribution in [0.2, 0.25) is 0 Å². The lowest BCUT2D eigenvalue weighted by atomic mass is 10.1. The molecule has 3 heterocycles. The Labute approximate surface area is 229 Å². The van der Waals surface area contributed by atoms with Crippen molar-refractivity contribution in [3.63, 3.8) is 0 Å². The van der Waals surface area contributed by atoms with Crippen molar-refractivity contribution in [1.82, 2.24) is 24.8 Å². The maximum absolute atomic E-state index is 14.0. The summed E-state index contributed by atoms with van der Waals surface area (Å²) < 4.78 is 12.8. The van der Waals surface area contributed by atoms with Gasteiger partial charge >= 0.3 is 6.09 Å². The number of ether oxygens (including phenoxy) is 2. The number of rotatable bonds is 9. The fourth-order valence-corrected chi connectivity index (χ4v) is 4.58. The predicted molar refractivity (Wildman–Crippen MR) is 150 cm³/mol. The third-order valence-corrected chi connectivity index (χ3v) is 6.33. The SMILES string of the molecule is CCOc1ccc(-n2c(C(CNC(=O)OC(C)(C)C)N(C)Cc3cccnc3)nc3c(c2=O)CCCN3)cc1. The fourth-order valence-electron chi connectivity index (χ4n) is 4.58. The first-order valence-electron chi connectivity index (χ1n) is 13.3. The summed E-state index contributed by atoms with van der Waals surface area (Å²) in [4.78, 5) is 37.9. The molecule has 0 saturated heterocycles. The second-order valence-corrected chi connectivity index (χ2v) is 10.6. The minimum atomic E-state index is -0.639. The molecule has 1 aliphatic heterocycles. The molecule has 10 nitrogen and oxygen atoms in total. The van der Waals surface area contributed by atoms with Gasteiger partial charge in [0.2, 0.25) is 0 Å². The van der Waals surface area contributed by atoms with Gasteiger partial charge in [0.05, 0.1) is 23.9 Å². The summed E-state index contributed by atoms with van der Waals surface area (Å²) in [6, 6.07) is 10.8. The Morgan fingerprint density at radius 3 is 2.67 bits per heavy atom. The van der Waals surface area contributed by atoms with E-state index in [0.29, 0.717) is 42.5 Å². The molecule has 1 atom stereocenters. The number of benzene rings is 1. The van der Waals surface area contributed by atoms with Crippen molar-refractivity contribution in [1.29, 1.82) is 0 Å². The molecule has 39 heavy (non-hydrogen) atoms. The van der Waals surface area contributed by atoms with Gasteiger partial charge in [-0.3, -0.25) is 19.2 Å². The lowest BCUT2D eigenvalue weighted by Gasteiger charge is -2.31. The van der Waals surface area contributed by atoms with Crippen LogP contribution in [0.4, 0.5) is 10.6 Å². The first-order chi connectivity index (χ1) is 18.7. The highest BCUT2D eigenvalue weighted by molar-refractivity contribution is 5.67. The zero-order chi connectivity index (χ0) is 28.0. The second-order valence-electron chi connectivity index (χ2n) is 10.6. The molecule has 1 aliphatic rings. The molecule has 1 aromatic carbocycles. The number of carbonyl (C=O) groups excluding carboxylic acids is 1. The molecular weight excluding hydrogens is 496 g/mol. The van der Waals surface area contributed by atoms with Crippen LogP contribution < -0.4 is 20.9 Å². The summed E-state index contributed by atoms with van der Waals surface area (Å²) >= 11 is 0. The van der Waals surface area contributed by atoms with E-state index in [4.69, 9.17) is 14.5 Å². The van der Waals surface area contributed by atoms with E-state index >= 15 is 0 Å². The number of alkyl carbamates (subject to hydrolysis) is 1. The molecule has 4 rings (SSSR count). The highest BCUT2D eigenvalue weighted by atomic mass is 16.6. The van der Waals surface area contributed by atoms with Crippen LogP contribution in [0.25, 0.3) is 5.69 Å². The van der Waals surface area contributed by atoms with Crippen LogP contribution in [-0.4, -0.2) is 57.9 Å². The van der Waals surface area contributed by atoms with E-state index in [1.165, 1.54) is 0 Å². The van der Waals surface area contributed by atoms with E-state index < -0.39 is 17.7 Å². The number of anilines is 1. The summed E-state index contributed by atoms with van der Waals surface area (Å²) in [6.07, 6.45) is 4.50. The van der Waals surface area contributed by atoms with E-state index in [2.05, 4.69) is 20.5 Å². The summed E-state index contributed by atoms with van der Waals surface area (Å²) in [5.74, 6) is 1.83. The largest absolute Gasteiger partial charge is 0.494 e. The zero-order valence-corrected chi connectivity index (χ0v) is 23.4. The third-order valence-electron chi connectivity index (χ3n) is 6.33. The highest BCUT2D eigenvalue weighted by Crippen LogP contribution is 2.26. The Hall–Kier alpha value is -3.92. The standard InChI is InChI=1S/C29H38N6O4/c1-6-38-22-13-11-21(12-14-22)35-26(33-25-23(27(35)36)10-8-16-31-25)24(18-32-28(37)39-29(2,3)4)34(5)19-20-9-7-15-30-17-20/h7,9,11-15,17,24,31H,6,8,10,16,18-19H2,1-5H3,(H,32,37). The van der Waals surface area contributed by atoms with Gasteiger partial charge in [0.15, 0.2) is 0 Å². The van der Waals surface area contributed by atoms with E-state index in [0.717, 1.165) is 24.3 Å². The number of fused-ring (bicyclic) bond motifs is 1. The number of nitrogens with one attached hydrogen (secondary N) is 2. The Balaban J connectivity index is 1.79. The van der Waals surface area contributed by atoms with Crippen molar-refractivity contribution in [3.8, 4) is 11.4 Å². The Morgan fingerprint density at radius 2 is 2.00 bits per heavy atom. The van der Waals surface area contributed by atoms with E-state index in [9.17, 15) is 9.59 Å². The van der Waals surface area contributed by atoms with Crippen molar-refractivity contribution >= 4 is 11.9 Å². The van der Waals surface area contributed by atoms with Gasteiger partial charge in [-0.1, -0.05) is 6.07 Å². The average molecular weight is 535 g/mol. The number of amides is 1. The normalized spacial score (nSPS) is 13.8. The quantitative estimate of drug-likeness (QED) is 0.423. The lowest BCUT2D eigenvalue weighted by molar-refractivity contribution is 0.0508. The van der Waals surface area contributed by atoms with Gasteiger partial charge in [-0.15, -0.1) is 0 Å². The van der Waals surface area contributed by atoms with E-state index in [1.54, 1.807) is 17.0 Å². The van der Waals surface area contributed by atoms with Gasteiger partial charge in [-0.2, -0.15) is 0 Å². The van der Waals surface area contributed by atoms with Crippen LogP contribution in [0.5, 0.6) is 5.75 Å². The van der Waals surface area contributed by atoms with Crippen molar-refractivity contribution in [2.45, 2.75) is 58.7 Å². The minimum absolute atomic E-state index is 0.122. The van der Waals surface area contributed by atoms with Gasteiger partial charge in [-0.25, -0.2) is 9.78 Å². The van der Waals surface area contributed by atoms with Crippen LogP contribution in [0.3, 0.4) is 0 Å². The van der Waals surface area contributed by atoms with Crippen molar-refractivity contribution in [3.05, 3.63) is 76.1 Å². The topological polar surface area (TPSA) is 111 Å². The third kappa shape index (κ3) is 7.14. The van der Waals surface area contributed by atoms with Crippen LogP contribution in [0.15, 0.2) is 53.6 Å². The molecular formula is C29H38N6O4. The number of carbonyl (C=O) groups is 1. The molecule has 208 valence electrons. The van der Waals surface area contributed by atoms with E-state index in [-0.39, 0.29) is 12.1 Å². The number of nitrogens with zero attached hydrogens (tertiary/aromatic N) is 4. The number of hydrogen-bond donors (Lipinski definition) is 2. The molecule has 3 aromatic rings. The van der Waals surface area contributed by atoms with Crippen molar-refractivity contribution < 1.29 is 14.3 Å². The number of likely N-dealkylation sites (N-methyl/N-ethyl adjacent to an activating group) is 1. The second kappa shape index (κ2) is 12.3. The summed E-state index contributed by atoms with van der Waals surface area (Å²) in [5, 5.41) is 6.20. The Kier molecular flexibility index (Phi) is 8.86. The Bertz CT molecular complexity index is 1320. The predicted octanol–water partition coefficient (Wildman–Crippen LogP) is 4.08. The molecule has 0 aliphatic carbocycles. The van der Waals surface area contributed by atoms with Crippen molar-refractivity contribution in [2.24, 2.45) is 0 Å². The molecule has 0 saturated carbocycles. The molecule has 2 N–H and O–H groups in total. The van der Waals surface area contributed by atoms with Crippen molar-refractivity contribution in [2.75, 3.05) is 32.1 Å². The van der Waals surface area contributed by atoms with Gasteiger partial charge in [-0.05, 0) is 83.5 Å². The lowest BCUT2D eigenvalue weighted by Crippen LogP contribution is -2.42. The average Bonchev–Trinajstić information content (AvgIpc) is 2.89. The monoisotopic (exact) mass is 534 g/mol. The molecule has 1 amide bonds. The molecule has 0 fully saturated rings. The number of hydrogen-bond acceptors (Lipinski definition) is 8. The van der Waals surface area contributed by atoms with Gasteiger partial charge in [0.1, 0.15) is 23.0 Å². The molecule has 0 spiro atoms. The molecule has 0 bridgehead atoms. The van der Waals surface area contributed by atoms with Crippen LogP contribution >= 0.6 is 0 Å². The van der Waals surface area contributed by atoms with E-state index in [1.807, 2.05) is 71.1 Å². The first-order valence-corrected chi connectivity index (χ1v) is 13.3. The summed E-state index contributed by atoms with van der Waals surface area (Å²) in [5.41, 5.74) is 1.57. The van der Waals surface area contributed by atoms with Gasteiger partial charge in [0, 0.05) is 32.0 Å². The molecule has 1 unspecified atom stereocenters. The zero-order valence-electron chi connectivity index (χ0n) is 23.4. The number of aromatic nitrogens is 3. The van der Waals surface area contributed by atoms with Crippen LogP contribution in [0.1, 0.15) is 57.1 Å².